The van der Waals surface area contributed by atoms with Crippen LogP contribution in [0.25, 0.3) is 0 Å². The maximum absolute atomic E-state index is 12.1. The molecule has 2 aromatic rings. The Kier molecular flexibility index (Phi) is 4.68. The summed E-state index contributed by atoms with van der Waals surface area (Å²) in [7, 11) is 0. The molecular weight excluding hydrogens is 268 g/mol. The Morgan fingerprint density at radius 1 is 1.05 bits per heavy atom. The van der Waals surface area contributed by atoms with Crippen LogP contribution in [0.4, 0.5) is 5.69 Å². The van der Waals surface area contributed by atoms with E-state index in [0.29, 0.717) is 23.4 Å². The van der Waals surface area contributed by atoms with Crippen molar-refractivity contribution in [3.05, 3.63) is 65.2 Å². The number of aliphatic carboxylic acids is 1. The second-order valence-electron chi connectivity index (χ2n) is 4.63. The van der Waals surface area contributed by atoms with Crippen molar-refractivity contribution in [2.75, 3.05) is 5.32 Å². The SMILES string of the molecule is NCc1cccc(C(=O)Nc2ccc(CC(=O)O)cc2)c1. The molecule has 0 atom stereocenters. The normalized spacial score (nSPS) is 10.1. The smallest absolute Gasteiger partial charge is 0.307 e. The van der Waals surface area contributed by atoms with E-state index in [1.165, 1.54) is 0 Å². The molecule has 0 radical (unpaired) electrons. The topological polar surface area (TPSA) is 92.4 Å². The van der Waals surface area contributed by atoms with Crippen LogP contribution in [0.2, 0.25) is 0 Å². The fourth-order valence-electron chi connectivity index (χ4n) is 1.92. The number of hydrogen-bond donors (Lipinski definition) is 3. The molecule has 5 heteroatoms. The molecule has 1 amide bonds. The molecule has 4 N–H and O–H groups in total. The molecule has 108 valence electrons. The van der Waals surface area contributed by atoms with Crippen LogP contribution in [0.1, 0.15) is 21.5 Å². The van der Waals surface area contributed by atoms with Gasteiger partial charge in [0.1, 0.15) is 0 Å². The maximum atomic E-state index is 12.1. The number of hydrogen-bond acceptors (Lipinski definition) is 3. The zero-order valence-corrected chi connectivity index (χ0v) is 11.4. The van der Waals surface area contributed by atoms with Crippen molar-refractivity contribution in [3.8, 4) is 0 Å². The molecule has 0 spiro atoms. The standard InChI is InChI=1S/C16H16N2O3/c17-10-12-2-1-3-13(8-12)16(21)18-14-6-4-11(5-7-14)9-15(19)20/h1-8H,9-10,17H2,(H,18,21)(H,19,20). The first-order valence-electron chi connectivity index (χ1n) is 6.49. The molecule has 0 bridgehead atoms. The monoisotopic (exact) mass is 284 g/mol. The lowest BCUT2D eigenvalue weighted by Crippen LogP contribution is -2.12. The van der Waals surface area contributed by atoms with Crippen LogP contribution in [0.3, 0.4) is 0 Å². The minimum absolute atomic E-state index is 0.0349. The van der Waals surface area contributed by atoms with E-state index in [1.54, 1.807) is 42.5 Å². The van der Waals surface area contributed by atoms with Gasteiger partial charge in [-0.15, -0.1) is 0 Å². The first kappa shape index (κ1) is 14.7. The highest BCUT2D eigenvalue weighted by Gasteiger charge is 2.07. The van der Waals surface area contributed by atoms with E-state index >= 15 is 0 Å². The summed E-state index contributed by atoms with van der Waals surface area (Å²) in [6.45, 7) is 0.380. The number of anilines is 1. The Morgan fingerprint density at radius 2 is 1.76 bits per heavy atom. The Morgan fingerprint density at radius 3 is 2.38 bits per heavy atom. The van der Waals surface area contributed by atoms with E-state index in [-0.39, 0.29) is 12.3 Å². The van der Waals surface area contributed by atoms with Gasteiger partial charge >= 0.3 is 5.97 Å². The predicted molar refractivity (Wildman–Crippen MR) is 80.1 cm³/mol. The van der Waals surface area contributed by atoms with E-state index < -0.39 is 5.97 Å². The fourth-order valence-corrected chi connectivity index (χ4v) is 1.92. The van der Waals surface area contributed by atoms with Gasteiger partial charge in [-0.2, -0.15) is 0 Å². The number of amides is 1. The summed E-state index contributed by atoms with van der Waals surface area (Å²) in [5, 5.41) is 11.5. The molecule has 0 aromatic heterocycles. The van der Waals surface area contributed by atoms with Gasteiger partial charge in [0.05, 0.1) is 6.42 Å². The van der Waals surface area contributed by atoms with Gasteiger partial charge in [0, 0.05) is 17.8 Å². The lowest BCUT2D eigenvalue weighted by Gasteiger charge is -2.07. The fraction of sp³-hybridized carbons (Fsp3) is 0.125. The Labute approximate surface area is 122 Å². The molecule has 5 nitrogen and oxygen atoms in total. The van der Waals surface area contributed by atoms with Gasteiger partial charge in [-0.25, -0.2) is 0 Å². The highest BCUT2D eigenvalue weighted by Crippen LogP contribution is 2.13. The largest absolute Gasteiger partial charge is 0.481 e. The number of benzene rings is 2. The molecule has 0 aliphatic rings. The molecule has 0 heterocycles. The van der Waals surface area contributed by atoms with Gasteiger partial charge in [0.25, 0.3) is 5.91 Å². The molecule has 0 saturated carbocycles. The van der Waals surface area contributed by atoms with Crippen LogP contribution < -0.4 is 11.1 Å². The minimum atomic E-state index is -0.884. The molecule has 0 aliphatic carbocycles. The number of rotatable bonds is 5. The van der Waals surface area contributed by atoms with Gasteiger partial charge in [-0.3, -0.25) is 9.59 Å². The summed E-state index contributed by atoms with van der Waals surface area (Å²) in [6, 6.07) is 13.8. The van der Waals surface area contributed by atoms with Crippen LogP contribution in [-0.4, -0.2) is 17.0 Å². The maximum Gasteiger partial charge on any atom is 0.307 e. The number of nitrogens with two attached hydrogens (primary N) is 1. The van der Waals surface area contributed by atoms with Crippen LogP contribution in [0.5, 0.6) is 0 Å². The lowest BCUT2D eigenvalue weighted by atomic mass is 10.1. The number of carbonyl (C=O) groups is 2. The van der Waals surface area contributed by atoms with E-state index in [2.05, 4.69) is 5.32 Å². The van der Waals surface area contributed by atoms with Crippen LogP contribution >= 0.6 is 0 Å². The molecule has 21 heavy (non-hydrogen) atoms. The second kappa shape index (κ2) is 6.67. The van der Waals surface area contributed by atoms with Crippen LogP contribution in [0.15, 0.2) is 48.5 Å². The first-order valence-corrected chi connectivity index (χ1v) is 6.49. The van der Waals surface area contributed by atoms with E-state index in [9.17, 15) is 9.59 Å². The summed E-state index contributed by atoms with van der Waals surface area (Å²) < 4.78 is 0. The van der Waals surface area contributed by atoms with E-state index in [1.807, 2.05) is 6.07 Å². The quantitative estimate of drug-likeness (QED) is 0.783. The van der Waals surface area contributed by atoms with Crippen molar-refractivity contribution < 1.29 is 14.7 Å². The third kappa shape index (κ3) is 4.15. The Hall–Kier alpha value is -2.66. The first-order chi connectivity index (χ1) is 10.1. The van der Waals surface area contributed by atoms with Crippen LogP contribution in [0, 0.1) is 0 Å². The van der Waals surface area contributed by atoms with Crippen molar-refractivity contribution >= 4 is 17.6 Å². The van der Waals surface area contributed by atoms with Gasteiger partial charge in [-0.1, -0.05) is 24.3 Å². The highest BCUT2D eigenvalue weighted by atomic mass is 16.4. The number of nitrogens with one attached hydrogen (secondary N) is 1. The van der Waals surface area contributed by atoms with Crippen molar-refractivity contribution in [2.24, 2.45) is 5.73 Å². The summed E-state index contributed by atoms with van der Waals surface area (Å²) in [5.74, 6) is -1.11. The van der Waals surface area contributed by atoms with Crippen LogP contribution in [-0.2, 0) is 17.8 Å². The van der Waals surface area contributed by atoms with Gasteiger partial charge in [0.2, 0.25) is 0 Å². The molecule has 2 aromatic carbocycles. The third-order valence-electron chi connectivity index (χ3n) is 2.99. The van der Waals surface area contributed by atoms with E-state index in [4.69, 9.17) is 10.8 Å². The lowest BCUT2D eigenvalue weighted by molar-refractivity contribution is -0.136. The third-order valence-corrected chi connectivity index (χ3v) is 2.99. The Balaban J connectivity index is 2.06. The minimum Gasteiger partial charge on any atom is -0.481 e. The van der Waals surface area contributed by atoms with Gasteiger partial charge in [0.15, 0.2) is 0 Å². The summed E-state index contributed by atoms with van der Waals surface area (Å²) in [4.78, 5) is 22.7. The average molecular weight is 284 g/mol. The Bertz CT molecular complexity index is 651. The van der Waals surface area contributed by atoms with Crippen molar-refractivity contribution in [2.45, 2.75) is 13.0 Å². The molecule has 0 saturated heterocycles. The summed E-state index contributed by atoms with van der Waals surface area (Å²) >= 11 is 0. The summed E-state index contributed by atoms with van der Waals surface area (Å²) in [6.07, 6.45) is -0.0349. The van der Waals surface area contributed by atoms with Crippen molar-refractivity contribution in [3.63, 3.8) is 0 Å². The van der Waals surface area contributed by atoms with Gasteiger partial charge in [-0.05, 0) is 35.4 Å². The van der Waals surface area contributed by atoms with Crippen molar-refractivity contribution in [1.82, 2.24) is 0 Å². The molecule has 0 fully saturated rings. The number of carbonyl (C=O) groups excluding carboxylic acids is 1. The highest BCUT2D eigenvalue weighted by molar-refractivity contribution is 6.04. The number of carboxylic acid groups (broad SMARTS) is 1. The van der Waals surface area contributed by atoms with Gasteiger partial charge < -0.3 is 16.2 Å². The molecule has 0 aliphatic heterocycles. The average Bonchev–Trinajstić information content (AvgIpc) is 2.49. The van der Waals surface area contributed by atoms with Crippen molar-refractivity contribution in [1.29, 1.82) is 0 Å². The predicted octanol–water partition coefficient (Wildman–Crippen LogP) is 2.02. The van der Waals surface area contributed by atoms with E-state index in [0.717, 1.165) is 5.56 Å². The summed E-state index contributed by atoms with van der Waals surface area (Å²) in [5.41, 5.74) is 8.27. The zero-order chi connectivity index (χ0) is 15.2. The molecule has 0 unspecified atom stereocenters. The molecular formula is C16H16N2O3. The number of carboxylic acids is 1. The molecule has 2 rings (SSSR count). The second-order valence-corrected chi connectivity index (χ2v) is 4.63. The zero-order valence-electron chi connectivity index (χ0n) is 11.4.